The number of hydrogen-bond donors (Lipinski definition) is 0. The van der Waals surface area contributed by atoms with Gasteiger partial charge in [-0.15, -0.1) is 0 Å². The zero-order valence-electron chi connectivity index (χ0n) is 11.2. The summed E-state index contributed by atoms with van der Waals surface area (Å²) < 4.78 is 3.69. The highest BCUT2D eigenvalue weighted by Gasteiger charge is 2.36. The lowest BCUT2D eigenvalue weighted by Gasteiger charge is -2.20. The van der Waals surface area contributed by atoms with Crippen LogP contribution in [0.5, 0.6) is 0 Å². The summed E-state index contributed by atoms with van der Waals surface area (Å²) in [5, 5.41) is 0. The molecule has 0 aromatic carbocycles. The fourth-order valence-corrected chi connectivity index (χ4v) is 3.60. The predicted molar refractivity (Wildman–Crippen MR) is 76.7 cm³/mol. The Morgan fingerprint density at radius 3 is 2.85 bits per heavy atom. The number of hydrogen-bond acceptors (Lipinski definition) is 2. The summed E-state index contributed by atoms with van der Waals surface area (Å²) in [6.45, 7) is 0.786. The molecule has 4 heteroatoms. The van der Waals surface area contributed by atoms with Crippen molar-refractivity contribution in [1.82, 2.24) is 14.3 Å². The van der Waals surface area contributed by atoms with Crippen LogP contribution in [-0.4, -0.2) is 14.3 Å². The van der Waals surface area contributed by atoms with Gasteiger partial charge in [0, 0.05) is 25.0 Å². The molecule has 0 radical (unpaired) electrons. The van der Waals surface area contributed by atoms with Crippen LogP contribution in [0.15, 0.2) is 53.6 Å². The van der Waals surface area contributed by atoms with Crippen molar-refractivity contribution in [3.63, 3.8) is 0 Å². The highest BCUT2D eigenvalue weighted by Crippen LogP contribution is 2.43. The Hall–Kier alpha value is -2.10. The molecule has 0 aliphatic heterocycles. The molecule has 1 unspecified atom stereocenters. The molecule has 2 aliphatic rings. The van der Waals surface area contributed by atoms with Crippen LogP contribution in [0.3, 0.4) is 0 Å². The molecular weight excluding hydrogens is 250 g/mol. The van der Waals surface area contributed by atoms with Crippen molar-refractivity contribution >= 4 is 0 Å². The maximum atomic E-state index is 12.1. The van der Waals surface area contributed by atoms with Gasteiger partial charge in [0.2, 0.25) is 0 Å². The lowest BCUT2D eigenvalue weighted by Crippen LogP contribution is -2.27. The highest BCUT2D eigenvalue weighted by atomic mass is 16.1. The molecule has 0 spiro atoms. The molecule has 3 atom stereocenters. The van der Waals surface area contributed by atoms with Crippen LogP contribution >= 0.6 is 0 Å². The van der Waals surface area contributed by atoms with E-state index in [4.69, 9.17) is 0 Å². The molecule has 102 valence electrons. The fraction of sp³-hybridized carbons (Fsp3) is 0.375. The number of aromatic nitrogens is 3. The minimum Gasteiger partial charge on any atom is -0.268 e. The van der Waals surface area contributed by atoms with Crippen molar-refractivity contribution < 1.29 is 0 Å². The van der Waals surface area contributed by atoms with E-state index >= 15 is 0 Å². The van der Waals surface area contributed by atoms with E-state index in [1.54, 1.807) is 12.3 Å². The molecule has 1 saturated carbocycles. The minimum atomic E-state index is 0.0578. The summed E-state index contributed by atoms with van der Waals surface area (Å²) in [5.41, 5.74) is 0.0578. The topological polar surface area (TPSA) is 39.8 Å². The van der Waals surface area contributed by atoms with Gasteiger partial charge in [-0.05, 0) is 42.7 Å². The van der Waals surface area contributed by atoms with Gasteiger partial charge in [-0.25, -0.2) is 14.3 Å². The van der Waals surface area contributed by atoms with Gasteiger partial charge in [-0.3, -0.25) is 4.79 Å². The van der Waals surface area contributed by atoms with Crippen molar-refractivity contribution in [3.8, 4) is 5.82 Å². The SMILES string of the molecule is O=c1ccn(-c2ccccn2)n1CC1C[C@H]2C=C[C@@H]1C2. The average molecular weight is 267 g/mol. The van der Waals surface area contributed by atoms with Crippen molar-refractivity contribution in [2.45, 2.75) is 19.4 Å². The van der Waals surface area contributed by atoms with Crippen LogP contribution in [0.2, 0.25) is 0 Å². The molecule has 2 aliphatic carbocycles. The van der Waals surface area contributed by atoms with E-state index in [2.05, 4.69) is 17.1 Å². The van der Waals surface area contributed by atoms with Crippen molar-refractivity contribution in [2.24, 2.45) is 17.8 Å². The fourth-order valence-electron chi connectivity index (χ4n) is 3.60. The van der Waals surface area contributed by atoms with E-state index < -0.39 is 0 Å². The van der Waals surface area contributed by atoms with Crippen molar-refractivity contribution in [2.75, 3.05) is 0 Å². The number of rotatable bonds is 3. The minimum absolute atomic E-state index is 0.0578. The molecule has 2 heterocycles. The Labute approximate surface area is 117 Å². The first-order valence-electron chi connectivity index (χ1n) is 7.19. The number of fused-ring (bicyclic) bond motifs is 2. The maximum absolute atomic E-state index is 12.1. The van der Waals surface area contributed by atoms with Gasteiger partial charge in [0.15, 0.2) is 5.82 Å². The molecule has 4 rings (SSSR count). The molecule has 0 saturated heterocycles. The van der Waals surface area contributed by atoms with Gasteiger partial charge in [0.05, 0.1) is 0 Å². The van der Waals surface area contributed by atoms with E-state index in [1.807, 2.05) is 33.8 Å². The maximum Gasteiger partial charge on any atom is 0.266 e. The van der Waals surface area contributed by atoms with Crippen LogP contribution in [0, 0.1) is 17.8 Å². The second-order valence-corrected chi connectivity index (χ2v) is 5.81. The highest BCUT2D eigenvalue weighted by molar-refractivity contribution is 5.20. The summed E-state index contributed by atoms with van der Waals surface area (Å²) in [4.78, 5) is 16.4. The molecule has 1 fully saturated rings. The number of nitrogens with zero attached hydrogens (tertiary/aromatic N) is 3. The van der Waals surface area contributed by atoms with Crippen LogP contribution in [0.1, 0.15) is 12.8 Å². The monoisotopic (exact) mass is 267 g/mol. The van der Waals surface area contributed by atoms with Crippen LogP contribution in [0.25, 0.3) is 5.82 Å². The smallest absolute Gasteiger partial charge is 0.266 e. The van der Waals surface area contributed by atoms with Gasteiger partial charge in [-0.2, -0.15) is 0 Å². The zero-order valence-corrected chi connectivity index (χ0v) is 11.2. The Morgan fingerprint density at radius 1 is 1.20 bits per heavy atom. The van der Waals surface area contributed by atoms with Crippen molar-refractivity contribution in [3.05, 3.63) is 59.2 Å². The summed E-state index contributed by atoms with van der Waals surface area (Å²) in [7, 11) is 0. The first-order chi connectivity index (χ1) is 9.81. The van der Waals surface area contributed by atoms with Gasteiger partial charge >= 0.3 is 0 Å². The van der Waals surface area contributed by atoms with E-state index in [9.17, 15) is 4.79 Å². The van der Waals surface area contributed by atoms with Crippen LogP contribution < -0.4 is 5.56 Å². The van der Waals surface area contributed by atoms with Gasteiger partial charge < -0.3 is 0 Å². The van der Waals surface area contributed by atoms with Crippen molar-refractivity contribution in [1.29, 1.82) is 0 Å². The van der Waals surface area contributed by atoms with E-state index in [0.29, 0.717) is 11.8 Å². The summed E-state index contributed by atoms with van der Waals surface area (Å²) in [6.07, 6.45) is 10.7. The Morgan fingerprint density at radius 2 is 2.15 bits per heavy atom. The summed E-state index contributed by atoms with van der Waals surface area (Å²) in [5.74, 6) is 2.77. The summed E-state index contributed by atoms with van der Waals surface area (Å²) in [6, 6.07) is 7.38. The third kappa shape index (κ3) is 1.83. The average Bonchev–Trinajstić information content (AvgIpc) is 3.17. The van der Waals surface area contributed by atoms with E-state index in [0.717, 1.165) is 18.3 Å². The molecule has 20 heavy (non-hydrogen) atoms. The second-order valence-electron chi connectivity index (χ2n) is 5.81. The second kappa shape index (κ2) is 4.47. The summed E-state index contributed by atoms with van der Waals surface area (Å²) >= 11 is 0. The zero-order chi connectivity index (χ0) is 13.5. The molecule has 4 nitrogen and oxygen atoms in total. The van der Waals surface area contributed by atoms with Crippen LogP contribution in [-0.2, 0) is 6.54 Å². The lowest BCUT2D eigenvalue weighted by atomic mass is 9.94. The first kappa shape index (κ1) is 11.7. The lowest BCUT2D eigenvalue weighted by molar-refractivity contribution is 0.344. The van der Waals surface area contributed by atoms with Crippen LogP contribution in [0.4, 0.5) is 0 Å². The molecule has 2 bridgehead atoms. The van der Waals surface area contributed by atoms with Gasteiger partial charge in [-0.1, -0.05) is 18.2 Å². The predicted octanol–water partition coefficient (Wildman–Crippen LogP) is 2.25. The number of allylic oxidation sites excluding steroid dienone is 2. The third-order valence-electron chi connectivity index (χ3n) is 4.58. The first-order valence-corrected chi connectivity index (χ1v) is 7.19. The largest absolute Gasteiger partial charge is 0.268 e. The molecule has 0 amide bonds. The molecular formula is C16H17N3O. The molecule has 2 aromatic heterocycles. The Bertz CT molecular complexity index is 698. The standard InChI is InChI=1S/C16H17N3O/c20-16-6-8-18(15-3-1-2-7-17-15)19(16)11-14-10-12-4-5-13(14)9-12/h1-8,12-14H,9-11H2/t12-,13+,14?/m0/s1. The Kier molecular flexibility index (Phi) is 2.62. The van der Waals surface area contributed by atoms with E-state index in [1.165, 1.54) is 12.8 Å². The van der Waals surface area contributed by atoms with E-state index in [-0.39, 0.29) is 5.56 Å². The number of pyridine rings is 1. The molecule has 0 N–H and O–H groups in total. The third-order valence-corrected chi connectivity index (χ3v) is 4.58. The Balaban J connectivity index is 1.67. The quantitative estimate of drug-likeness (QED) is 0.800. The van der Waals surface area contributed by atoms with Gasteiger partial charge in [0.25, 0.3) is 5.56 Å². The van der Waals surface area contributed by atoms with Gasteiger partial charge in [0.1, 0.15) is 0 Å². The normalized spacial score (nSPS) is 27.3. The molecule has 2 aromatic rings.